The van der Waals surface area contributed by atoms with Gasteiger partial charge < -0.3 is 9.80 Å². The van der Waals surface area contributed by atoms with Gasteiger partial charge in [0.25, 0.3) is 5.91 Å². The third-order valence-electron chi connectivity index (χ3n) is 5.90. The van der Waals surface area contributed by atoms with Gasteiger partial charge in [-0.15, -0.1) is 0 Å². The monoisotopic (exact) mass is 430 g/mol. The van der Waals surface area contributed by atoms with Gasteiger partial charge in [-0.25, -0.2) is 0 Å². The van der Waals surface area contributed by atoms with E-state index in [4.69, 9.17) is 0 Å². The van der Waals surface area contributed by atoms with Crippen LogP contribution >= 0.6 is 0 Å². The first-order valence-corrected chi connectivity index (χ1v) is 11.4. The second-order valence-electron chi connectivity index (χ2n) is 8.51. The van der Waals surface area contributed by atoms with E-state index in [1.165, 1.54) is 25.8 Å². The first-order chi connectivity index (χ1) is 15.5. The van der Waals surface area contributed by atoms with E-state index < -0.39 is 0 Å². The zero-order chi connectivity index (χ0) is 22.9. The number of amides is 1. The maximum absolute atomic E-state index is 12.6. The topological polar surface area (TPSA) is 49.3 Å². The minimum atomic E-state index is -0.0247. The molecule has 4 rings (SSSR count). The standard InChI is InChI=1S/C20H19N3O.C7H15N/c1-15(12-16-6-4-3-5-7-16)14-23(2)20(24)17-8-9-18-19(13-17)22-11-10-21-18;1-3-7-5-4-6-8(7)2/h3-13H,14H2,1-2H3;7H,3-6H2,1-2H3/b15-12+;. The van der Waals surface area contributed by atoms with Crippen molar-refractivity contribution in [2.45, 2.75) is 39.2 Å². The molecule has 0 saturated carbocycles. The maximum atomic E-state index is 12.6. The van der Waals surface area contributed by atoms with Crippen molar-refractivity contribution in [2.75, 3.05) is 27.2 Å². The van der Waals surface area contributed by atoms with Gasteiger partial charge in [0.2, 0.25) is 0 Å². The lowest BCUT2D eigenvalue weighted by atomic mass is 10.1. The van der Waals surface area contributed by atoms with Crippen molar-refractivity contribution in [1.29, 1.82) is 0 Å². The van der Waals surface area contributed by atoms with Crippen molar-refractivity contribution in [3.63, 3.8) is 0 Å². The molecule has 3 aromatic rings. The Morgan fingerprint density at radius 1 is 1.12 bits per heavy atom. The predicted molar refractivity (Wildman–Crippen MR) is 133 cm³/mol. The molecule has 1 saturated heterocycles. The Kier molecular flexibility index (Phi) is 8.51. The molecule has 0 spiro atoms. The summed E-state index contributed by atoms with van der Waals surface area (Å²) in [5.74, 6) is -0.0247. The lowest BCUT2D eigenvalue weighted by molar-refractivity contribution is 0.0807. The predicted octanol–water partition coefficient (Wildman–Crippen LogP) is 5.30. The average Bonchev–Trinajstić information content (AvgIpc) is 3.24. The van der Waals surface area contributed by atoms with E-state index in [1.54, 1.807) is 29.4 Å². The summed E-state index contributed by atoms with van der Waals surface area (Å²) in [6.07, 6.45) is 9.54. The van der Waals surface area contributed by atoms with Gasteiger partial charge in [0, 0.05) is 37.6 Å². The maximum Gasteiger partial charge on any atom is 0.253 e. The molecule has 0 radical (unpaired) electrons. The van der Waals surface area contributed by atoms with Crippen molar-refractivity contribution < 1.29 is 4.79 Å². The zero-order valence-electron chi connectivity index (χ0n) is 19.7. The van der Waals surface area contributed by atoms with Gasteiger partial charge in [-0.2, -0.15) is 0 Å². The van der Waals surface area contributed by atoms with Crippen molar-refractivity contribution in [3.8, 4) is 0 Å². The second-order valence-corrected chi connectivity index (χ2v) is 8.51. The number of aromatic nitrogens is 2. The molecule has 1 fully saturated rings. The molecule has 2 aromatic carbocycles. The van der Waals surface area contributed by atoms with E-state index in [1.807, 2.05) is 50.4 Å². The molecule has 5 nitrogen and oxygen atoms in total. The average molecular weight is 431 g/mol. The summed E-state index contributed by atoms with van der Waals surface area (Å²) >= 11 is 0. The molecular weight excluding hydrogens is 396 g/mol. The van der Waals surface area contributed by atoms with Crippen LogP contribution in [-0.4, -0.2) is 58.9 Å². The summed E-state index contributed by atoms with van der Waals surface area (Å²) in [5.41, 5.74) is 4.40. The smallest absolute Gasteiger partial charge is 0.253 e. The fourth-order valence-electron chi connectivity index (χ4n) is 4.14. The number of rotatable bonds is 5. The third-order valence-corrected chi connectivity index (χ3v) is 5.90. The fourth-order valence-corrected chi connectivity index (χ4v) is 4.14. The summed E-state index contributed by atoms with van der Waals surface area (Å²) in [5, 5.41) is 0. The molecule has 1 aliphatic heterocycles. The van der Waals surface area contributed by atoms with Crippen LogP contribution in [0, 0.1) is 0 Å². The number of fused-ring (bicyclic) bond motifs is 1. The van der Waals surface area contributed by atoms with Crippen LogP contribution in [0.15, 0.2) is 66.5 Å². The van der Waals surface area contributed by atoms with Crippen molar-refractivity contribution in [2.24, 2.45) is 0 Å². The normalized spacial score (nSPS) is 16.5. The Hall–Kier alpha value is -3.05. The van der Waals surface area contributed by atoms with E-state index in [0.29, 0.717) is 12.1 Å². The molecule has 0 aliphatic carbocycles. The summed E-state index contributed by atoms with van der Waals surface area (Å²) < 4.78 is 0. The molecule has 1 aliphatic rings. The number of carbonyl (C=O) groups excluding carboxylic acids is 1. The molecule has 168 valence electrons. The largest absolute Gasteiger partial charge is 0.338 e. The highest BCUT2D eigenvalue weighted by Gasteiger charge is 2.17. The lowest BCUT2D eigenvalue weighted by Gasteiger charge is -2.18. The highest BCUT2D eigenvalue weighted by atomic mass is 16.2. The minimum Gasteiger partial charge on any atom is -0.338 e. The van der Waals surface area contributed by atoms with E-state index in [2.05, 4.69) is 34.9 Å². The molecule has 1 amide bonds. The minimum absolute atomic E-state index is 0.0247. The van der Waals surface area contributed by atoms with E-state index in [0.717, 1.165) is 28.2 Å². The van der Waals surface area contributed by atoms with Gasteiger partial charge in [0.15, 0.2) is 0 Å². The molecule has 1 atom stereocenters. The highest BCUT2D eigenvalue weighted by molar-refractivity contribution is 5.97. The van der Waals surface area contributed by atoms with Gasteiger partial charge in [-0.3, -0.25) is 14.8 Å². The number of carbonyl (C=O) groups is 1. The Bertz CT molecular complexity index is 1050. The summed E-state index contributed by atoms with van der Waals surface area (Å²) in [6.45, 7) is 6.19. The Morgan fingerprint density at radius 2 is 1.84 bits per heavy atom. The van der Waals surface area contributed by atoms with Gasteiger partial charge >= 0.3 is 0 Å². The van der Waals surface area contributed by atoms with Crippen LogP contribution in [0.5, 0.6) is 0 Å². The molecule has 32 heavy (non-hydrogen) atoms. The first kappa shape index (κ1) is 23.6. The van der Waals surface area contributed by atoms with Crippen molar-refractivity contribution >= 4 is 23.0 Å². The first-order valence-electron chi connectivity index (χ1n) is 11.4. The van der Waals surface area contributed by atoms with E-state index in [9.17, 15) is 4.79 Å². The lowest BCUT2D eigenvalue weighted by Crippen LogP contribution is -2.28. The van der Waals surface area contributed by atoms with Crippen LogP contribution in [0.4, 0.5) is 0 Å². The van der Waals surface area contributed by atoms with Crippen molar-refractivity contribution in [1.82, 2.24) is 19.8 Å². The number of likely N-dealkylation sites (tertiary alicyclic amines) is 1. The second kappa shape index (κ2) is 11.5. The Morgan fingerprint density at radius 3 is 2.47 bits per heavy atom. The van der Waals surface area contributed by atoms with Crippen LogP contribution in [0.3, 0.4) is 0 Å². The van der Waals surface area contributed by atoms with Gasteiger partial charge in [-0.1, -0.05) is 48.9 Å². The highest BCUT2D eigenvalue weighted by Crippen LogP contribution is 2.16. The number of likely N-dealkylation sites (N-methyl/N-ethyl adjacent to an activating group) is 1. The molecule has 1 aromatic heterocycles. The van der Waals surface area contributed by atoms with Gasteiger partial charge in [-0.05, 0) is 63.5 Å². The van der Waals surface area contributed by atoms with Gasteiger partial charge in [0.1, 0.15) is 0 Å². The van der Waals surface area contributed by atoms with Gasteiger partial charge in [0.05, 0.1) is 11.0 Å². The molecule has 1 unspecified atom stereocenters. The number of benzene rings is 2. The summed E-state index contributed by atoms with van der Waals surface area (Å²) in [7, 11) is 4.03. The van der Waals surface area contributed by atoms with Crippen LogP contribution in [-0.2, 0) is 0 Å². The SMILES string of the molecule is C/C(=C\c1ccccc1)CN(C)C(=O)c1ccc2nccnc2c1.CCC1CCCN1C. The fraction of sp³-hybridized carbons (Fsp3) is 0.370. The molecule has 5 heteroatoms. The molecular formula is C27H34N4O. The van der Waals surface area contributed by atoms with Crippen LogP contribution in [0.2, 0.25) is 0 Å². The molecule has 0 N–H and O–H groups in total. The van der Waals surface area contributed by atoms with E-state index >= 15 is 0 Å². The number of hydrogen-bond donors (Lipinski definition) is 0. The van der Waals surface area contributed by atoms with Crippen LogP contribution < -0.4 is 0 Å². The molecule has 0 bridgehead atoms. The number of nitrogens with zero attached hydrogens (tertiary/aromatic N) is 4. The zero-order valence-corrected chi connectivity index (χ0v) is 19.7. The molecule has 2 heterocycles. The summed E-state index contributed by atoms with van der Waals surface area (Å²) in [6, 6.07) is 16.4. The third kappa shape index (κ3) is 6.47. The Labute approximate surface area is 191 Å². The number of hydrogen-bond acceptors (Lipinski definition) is 4. The van der Waals surface area contributed by atoms with Crippen LogP contribution in [0.25, 0.3) is 17.1 Å². The quantitative estimate of drug-likeness (QED) is 0.551. The summed E-state index contributed by atoms with van der Waals surface area (Å²) in [4.78, 5) is 25.3. The Balaban J connectivity index is 0.000000305. The van der Waals surface area contributed by atoms with Crippen LogP contribution in [0.1, 0.15) is 49.0 Å². The van der Waals surface area contributed by atoms with Crippen molar-refractivity contribution in [3.05, 3.63) is 77.6 Å². The van der Waals surface area contributed by atoms with E-state index in [-0.39, 0.29) is 5.91 Å².